The molecule has 0 bridgehead atoms. The number of thiazole rings is 1. The van der Waals surface area contributed by atoms with Gasteiger partial charge in [-0.05, 0) is 31.0 Å². The van der Waals surface area contributed by atoms with Gasteiger partial charge in [-0.3, -0.25) is 4.79 Å². The van der Waals surface area contributed by atoms with Crippen molar-refractivity contribution < 1.29 is 13.2 Å². The normalized spacial score (nSPS) is 15.2. The number of sulfonamides is 1. The Kier molecular flexibility index (Phi) is 6.22. The zero-order valence-electron chi connectivity index (χ0n) is 17.6. The standard InChI is InChI=1S/C23H25N3O3S2/c1-3-18-6-8-19(9-7-18)22-24-21(16-30-22)23(27)25-12-14-26(15-13-25)31(28,29)20-10-4-17(2)5-11-20/h4-11,16H,3,12-15H2,1-2H3. The third kappa shape index (κ3) is 4.56. The molecule has 0 saturated carbocycles. The van der Waals surface area contributed by atoms with Crippen molar-refractivity contribution in [1.29, 1.82) is 0 Å². The number of aromatic nitrogens is 1. The van der Waals surface area contributed by atoms with Gasteiger partial charge in [0, 0.05) is 37.1 Å². The predicted octanol–water partition coefficient (Wildman–Crippen LogP) is 3.83. The van der Waals surface area contributed by atoms with Crippen molar-refractivity contribution in [2.75, 3.05) is 26.2 Å². The number of aryl methyl sites for hydroxylation is 2. The minimum Gasteiger partial charge on any atom is -0.335 e. The Morgan fingerprint density at radius 1 is 1.00 bits per heavy atom. The van der Waals surface area contributed by atoms with Crippen LogP contribution < -0.4 is 0 Å². The molecule has 0 unspecified atom stereocenters. The van der Waals surface area contributed by atoms with E-state index in [9.17, 15) is 13.2 Å². The lowest BCUT2D eigenvalue weighted by Gasteiger charge is -2.33. The number of rotatable bonds is 5. The molecule has 0 aliphatic carbocycles. The molecule has 0 radical (unpaired) electrons. The Morgan fingerprint density at radius 2 is 1.65 bits per heavy atom. The summed E-state index contributed by atoms with van der Waals surface area (Å²) in [7, 11) is -3.55. The van der Waals surface area contributed by atoms with Gasteiger partial charge in [0.2, 0.25) is 10.0 Å². The van der Waals surface area contributed by atoms with E-state index in [0.717, 1.165) is 22.6 Å². The molecule has 6 nitrogen and oxygen atoms in total. The number of amides is 1. The molecule has 3 aromatic rings. The fourth-order valence-electron chi connectivity index (χ4n) is 3.54. The summed E-state index contributed by atoms with van der Waals surface area (Å²) in [5.74, 6) is -0.153. The van der Waals surface area contributed by atoms with Crippen molar-refractivity contribution in [3.05, 3.63) is 70.7 Å². The highest BCUT2D eigenvalue weighted by Crippen LogP contribution is 2.25. The Labute approximate surface area is 187 Å². The number of benzene rings is 2. The molecule has 162 valence electrons. The van der Waals surface area contributed by atoms with Crippen LogP contribution in [-0.2, 0) is 16.4 Å². The molecule has 2 aromatic carbocycles. The number of nitrogens with zero attached hydrogens (tertiary/aromatic N) is 3. The van der Waals surface area contributed by atoms with Crippen molar-refractivity contribution in [1.82, 2.24) is 14.2 Å². The van der Waals surface area contributed by atoms with Crippen LogP contribution in [0.5, 0.6) is 0 Å². The van der Waals surface area contributed by atoms with Crippen LogP contribution in [0.1, 0.15) is 28.5 Å². The van der Waals surface area contributed by atoms with E-state index >= 15 is 0 Å². The summed E-state index contributed by atoms with van der Waals surface area (Å²) >= 11 is 1.45. The maximum atomic E-state index is 12.9. The molecule has 1 fully saturated rings. The molecule has 1 amide bonds. The van der Waals surface area contributed by atoms with Crippen molar-refractivity contribution in [3.63, 3.8) is 0 Å². The van der Waals surface area contributed by atoms with Crippen LogP contribution >= 0.6 is 11.3 Å². The second kappa shape index (κ2) is 8.90. The summed E-state index contributed by atoms with van der Waals surface area (Å²) in [4.78, 5) is 19.4. The molecule has 1 saturated heterocycles. The lowest BCUT2D eigenvalue weighted by atomic mass is 10.1. The summed E-state index contributed by atoms with van der Waals surface area (Å²) in [5.41, 5.74) is 3.68. The first-order chi connectivity index (χ1) is 14.9. The molecule has 0 atom stereocenters. The summed E-state index contributed by atoms with van der Waals surface area (Å²) in [6, 6.07) is 15.1. The number of carbonyl (C=O) groups excluding carboxylic acids is 1. The fraction of sp³-hybridized carbons (Fsp3) is 0.304. The van der Waals surface area contributed by atoms with Gasteiger partial charge >= 0.3 is 0 Å². The number of hydrogen-bond acceptors (Lipinski definition) is 5. The quantitative estimate of drug-likeness (QED) is 0.586. The van der Waals surface area contributed by atoms with Crippen LogP contribution in [0, 0.1) is 6.92 Å². The van der Waals surface area contributed by atoms with Gasteiger partial charge in [0.15, 0.2) is 0 Å². The highest BCUT2D eigenvalue weighted by atomic mass is 32.2. The second-order valence-electron chi connectivity index (χ2n) is 7.60. The SMILES string of the molecule is CCc1ccc(-c2nc(C(=O)N3CCN(S(=O)(=O)c4ccc(C)cc4)CC3)cs2)cc1. The first kappa shape index (κ1) is 21.7. The number of hydrogen-bond donors (Lipinski definition) is 0. The Hall–Kier alpha value is -2.55. The largest absolute Gasteiger partial charge is 0.335 e. The van der Waals surface area contributed by atoms with Crippen LogP contribution in [0.4, 0.5) is 0 Å². The third-order valence-electron chi connectivity index (χ3n) is 5.52. The van der Waals surface area contributed by atoms with Crippen LogP contribution in [0.2, 0.25) is 0 Å². The summed E-state index contributed by atoms with van der Waals surface area (Å²) in [6.07, 6.45) is 0.980. The Balaban J connectivity index is 1.41. The first-order valence-corrected chi connectivity index (χ1v) is 12.6. The van der Waals surface area contributed by atoms with Gasteiger partial charge in [-0.1, -0.05) is 48.9 Å². The minimum absolute atomic E-state index is 0.153. The molecule has 8 heteroatoms. The topological polar surface area (TPSA) is 70.6 Å². The molecule has 2 heterocycles. The van der Waals surface area contributed by atoms with E-state index in [0.29, 0.717) is 18.8 Å². The number of carbonyl (C=O) groups is 1. The summed E-state index contributed by atoms with van der Waals surface area (Å²) in [5, 5.41) is 2.59. The van der Waals surface area contributed by atoms with Gasteiger partial charge in [0.05, 0.1) is 4.90 Å². The summed E-state index contributed by atoms with van der Waals surface area (Å²) < 4.78 is 27.2. The molecule has 0 spiro atoms. The second-order valence-corrected chi connectivity index (χ2v) is 10.4. The van der Waals surface area contributed by atoms with E-state index in [-0.39, 0.29) is 23.9 Å². The van der Waals surface area contributed by atoms with Crippen molar-refractivity contribution in [3.8, 4) is 10.6 Å². The van der Waals surface area contributed by atoms with Gasteiger partial charge in [0.25, 0.3) is 5.91 Å². The average molecular weight is 456 g/mol. The molecule has 1 aliphatic rings. The fourth-order valence-corrected chi connectivity index (χ4v) is 5.76. The monoisotopic (exact) mass is 455 g/mol. The Morgan fingerprint density at radius 3 is 2.26 bits per heavy atom. The van der Waals surface area contributed by atoms with E-state index < -0.39 is 10.0 Å². The first-order valence-electron chi connectivity index (χ1n) is 10.3. The highest BCUT2D eigenvalue weighted by Gasteiger charge is 2.31. The van der Waals surface area contributed by atoms with E-state index in [1.165, 1.54) is 21.2 Å². The van der Waals surface area contributed by atoms with E-state index in [2.05, 4.69) is 24.0 Å². The molecular formula is C23H25N3O3S2. The van der Waals surface area contributed by atoms with E-state index in [1.807, 2.05) is 19.1 Å². The van der Waals surface area contributed by atoms with Crippen LogP contribution in [-0.4, -0.2) is 54.7 Å². The van der Waals surface area contributed by atoms with Crippen LogP contribution in [0.15, 0.2) is 58.8 Å². The van der Waals surface area contributed by atoms with Crippen molar-refractivity contribution >= 4 is 27.3 Å². The maximum absolute atomic E-state index is 12.9. The zero-order valence-corrected chi connectivity index (χ0v) is 19.2. The minimum atomic E-state index is -3.55. The highest BCUT2D eigenvalue weighted by molar-refractivity contribution is 7.89. The van der Waals surface area contributed by atoms with E-state index in [4.69, 9.17) is 0 Å². The lowest BCUT2D eigenvalue weighted by molar-refractivity contribution is 0.0693. The van der Waals surface area contributed by atoms with Crippen LogP contribution in [0.3, 0.4) is 0 Å². The van der Waals surface area contributed by atoms with Crippen molar-refractivity contribution in [2.45, 2.75) is 25.2 Å². The van der Waals surface area contributed by atoms with Gasteiger partial charge in [-0.25, -0.2) is 13.4 Å². The third-order valence-corrected chi connectivity index (χ3v) is 8.32. The lowest BCUT2D eigenvalue weighted by Crippen LogP contribution is -2.50. The maximum Gasteiger partial charge on any atom is 0.273 e. The van der Waals surface area contributed by atoms with Gasteiger partial charge in [0.1, 0.15) is 10.7 Å². The van der Waals surface area contributed by atoms with Crippen LogP contribution in [0.25, 0.3) is 10.6 Å². The Bertz CT molecular complexity index is 1160. The molecule has 1 aliphatic heterocycles. The molecule has 31 heavy (non-hydrogen) atoms. The van der Waals surface area contributed by atoms with E-state index in [1.54, 1.807) is 34.5 Å². The smallest absolute Gasteiger partial charge is 0.273 e. The molecular weight excluding hydrogens is 430 g/mol. The summed E-state index contributed by atoms with van der Waals surface area (Å²) in [6.45, 7) is 5.28. The molecule has 4 rings (SSSR count). The molecule has 0 N–H and O–H groups in total. The van der Waals surface area contributed by atoms with Crippen molar-refractivity contribution in [2.24, 2.45) is 0 Å². The van der Waals surface area contributed by atoms with Gasteiger partial charge in [-0.2, -0.15) is 4.31 Å². The zero-order chi connectivity index (χ0) is 22.0. The van der Waals surface area contributed by atoms with Gasteiger partial charge < -0.3 is 4.90 Å². The predicted molar refractivity (Wildman–Crippen MR) is 123 cm³/mol. The molecule has 1 aromatic heterocycles. The van der Waals surface area contributed by atoms with Gasteiger partial charge in [-0.15, -0.1) is 11.3 Å². The number of piperazine rings is 1. The average Bonchev–Trinajstić information content (AvgIpc) is 3.29.